The highest BCUT2D eigenvalue weighted by Crippen LogP contribution is 2.30. The third-order valence-electron chi connectivity index (χ3n) is 4.86. The lowest BCUT2D eigenvalue weighted by atomic mass is 10.1. The average Bonchev–Trinajstić information content (AvgIpc) is 3.12. The molecule has 0 saturated heterocycles. The first-order valence-corrected chi connectivity index (χ1v) is 10.5. The monoisotopic (exact) mass is 436 g/mol. The van der Waals surface area contributed by atoms with Crippen molar-refractivity contribution in [1.82, 2.24) is 24.9 Å². The zero-order valence-corrected chi connectivity index (χ0v) is 17.9. The van der Waals surface area contributed by atoms with Gasteiger partial charge in [-0.2, -0.15) is 0 Å². The summed E-state index contributed by atoms with van der Waals surface area (Å²) in [5.74, 6) is 0.308. The predicted molar refractivity (Wildman–Crippen MR) is 121 cm³/mol. The van der Waals surface area contributed by atoms with Gasteiger partial charge in [0, 0.05) is 17.5 Å². The quantitative estimate of drug-likeness (QED) is 0.355. The fraction of sp³-hybridized carbons (Fsp3) is 0.190. The van der Waals surface area contributed by atoms with Crippen molar-refractivity contribution in [2.24, 2.45) is 0 Å². The van der Waals surface area contributed by atoms with Crippen LogP contribution in [0.5, 0.6) is 0 Å². The second-order valence-electron chi connectivity index (χ2n) is 7.14. The van der Waals surface area contributed by atoms with Gasteiger partial charge >= 0.3 is 5.69 Å². The standard InChI is InChI=1S/C21H20N6O3S/c1-10-7-14-15(8-11(10)2)25-18(24-14)13-5-4-6-22-20(13)31-9-16(28)26-17-12(3)23-21(30)27-19(17)29/h4-8H,9H2,1-3H3,(H,24,25)(H,26,28)(H2,23,27,29,30). The van der Waals surface area contributed by atoms with Gasteiger partial charge in [0.1, 0.15) is 16.5 Å². The van der Waals surface area contributed by atoms with E-state index in [2.05, 4.69) is 43.2 Å². The molecule has 3 heterocycles. The Morgan fingerprint density at radius 1 is 1.10 bits per heavy atom. The van der Waals surface area contributed by atoms with Crippen LogP contribution in [0.4, 0.5) is 5.69 Å². The first-order chi connectivity index (χ1) is 14.8. The van der Waals surface area contributed by atoms with Gasteiger partial charge in [-0.15, -0.1) is 0 Å². The largest absolute Gasteiger partial charge is 0.338 e. The number of nitrogens with zero attached hydrogens (tertiary/aromatic N) is 2. The normalized spacial score (nSPS) is 11.1. The molecule has 4 rings (SSSR count). The van der Waals surface area contributed by atoms with E-state index in [0.29, 0.717) is 16.5 Å². The molecule has 0 aliphatic rings. The summed E-state index contributed by atoms with van der Waals surface area (Å²) in [6, 6.07) is 7.79. The second-order valence-corrected chi connectivity index (χ2v) is 8.10. The number of thioether (sulfide) groups is 1. The number of rotatable bonds is 5. The van der Waals surface area contributed by atoms with E-state index in [1.165, 1.54) is 17.3 Å². The summed E-state index contributed by atoms with van der Waals surface area (Å²) in [6.45, 7) is 5.64. The highest BCUT2D eigenvalue weighted by atomic mass is 32.2. The zero-order chi connectivity index (χ0) is 22.1. The lowest BCUT2D eigenvalue weighted by Gasteiger charge is -2.08. The van der Waals surface area contributed by atoms with Gasteiger partial charge in [0.15, 0.2) is 0 Å². The first kappa shape index (κ1) is 20.6. The van der Waals surface area contributed by atoms with E-state index in [0.717, 1.165) is 22.2 Å². The molecule has 0 atom stereocenters. The molecule has 1 amide bonds. The van der Waals surface area contributed by atoms with Crippen LogP contribution >= 0.6 is 11.8 Å². The molecule has 31 heavy (non-hydrogen) atoms. The molecule has 0 saturated carbocycles. The fourth-order valence-corrected chi connectivity index (χ4v) is 3.94. The summed E-state index contributed by atoms with van der Waals surface area (Å²) < 4.78 is 0. The van der Waals surface area contributed by atoms with E-state index < -0.39 is 17.2 Å². The second kappa shape index (κ2) is 8.23. The molecule has 1 aromatic carbocycles. The van der Waals surface area contributed by atoms with Crippen LogP contribution in [0.25, 0.3) is 22.4 Å². The molecule has 4 N–H and O–H groups in total. The minimum absolute atomic E-state index is 0.0227. The number of aromatic amines is 3. The number of hydrogen-bond acceptors (Lipinski definition) is 6. The molecule has 158 valence electrons. The van der Waals surface area contributed by atoms with Crippen molar-refractivity contribution in [2.75, 3.05) is 11.1 Å². The number of nitrogens with one attached hydrogen (secondary N) is 4. The number of imidazole rings is 1. The fourth-order valence-electron chi connectivity index (χ4n) is 3.14. The number of carbonyl (C=O) groups is 1. The van der Waals surface area contributed by atoms with Crippen molar-refractivity contribution in [3.8, 4) is 11.4 Å². The topological polar surface area (TPSA) is 136 Å². The lowest BCUT2D eigenvalue weighted by Crippen LogP contribution is -2.29. The number of benzene rings is 1. The number of anilines is 1. The molecule has 3 aromatic heterocycles. The Hall–Kier alpha value is -3.66. The summed E-state index contributed by atoms with van der Waals surface area (Å²) in [5, 5.41) is 3.18. The van der Waals surface area contributed by atoms with Gasteiger partial charge in [-0.25, -0.2) is 14.8 Å². The van der Waals surface area contributed by atoms with Crippen molar-refractivity contribution in [3.63, 3.8) is 0 Å². The molecule has 0 radical (unpaired) electrons. The molecule has 0 spiro atoms. The number of amides is 1. The Morgan fingerprint density at radius 2 is 1.87 bits per heavy atom. The predicted octanol–water partition coefficient (Wildman–Crippen LogP) is 2.66. The van der Waals surface area contributed by atoms with Crippen LogP contribution in [0.1, 0.15) is 16.8 Å². The first-order valence-electron chi connectivity index (χ1n) is 9.50. The smallest absolute Gasteiger partial charge is 0.326 e. The maximum absolute atomic E-state index is 12.4. The van der Waals surface area contributed by atoms with Gasteiger partial charge in [0.05, 0.1) is 16.8 Å². The van der Waals surface area contributed by atoms with E-state index in [9.17, 15) is 14.4 Å². The number of H-pyrrole nitrogens is 3. The van der Waals surface area contributed by atoms with Crippen LogP contribution in [0.15, 0.2) is 45.1 Å². The highest BCUT2D eigenvalue weighted by molar-refractivity contribution is 8.00. The summed E-state index contributed by atoms with van der Waals surface area (Å²) in [4.78, 5) is 52.6. The molecule has 4 aromatic rings. The van der Waals surface area contributed by atoms with Gasteiger partial charge in [0.25, 0.3) is 5.56 Å². The van der Waals surface area contributed by atoms with E-state index in [1.54, 1.807) is 13.1 Å². The van der Waals surface area contributed by atoms with Crippen molar-refractivity contribution >= 4 is 34.4 Å². The van der Waals surface area contributed by atoms with Crippen molar-refractivity contribution in [2.45, 2.75) is 25.8 Å². The Labute approximate surface area is 180 Å². The molecule has 10 heteroatoms. The number of fused-ring (bicyclic) bond motifs is 1. The molecular formula is C21H20N6O3S. The van der Waals surface area contributed by atoms with Gasteiger partial charge < -0.3 is 15.3 Å². The summed E-state index contributed by atoms with van der Waals surface area (Å²) in [5.41, 5.74) is 3.96. The van der Waals surface area contributed by atoms with Crippen molar-refractivity contribution in [1.29, 1.82) is 0 Å². The van der Waals surface area contributed by atoms with Crippen molar-refractivity contribution in [3.05, 3.63) is 68.1 Å². The van der Waals surface area contributed by atoms with E-state index in [4.69, 9.17) is 0 Å². The minimum Gasteiger partial charge on any atom is -0.338 e. The SMILES string of the molecule is Cc1cc2nc(-c3cccnc3SCC(=O)Nc3c(C)[nH]c(=O)[nH]c3=O)[nH]c2cc1C. The highest BCUT2D eigenvalue weighted by Gasteiger charge is 2.15. The molecular weight excluding hydrogens is 416 g/mol. The van der Waals surface area contributed by atoms with Crippen LogP contribution in [-0.4, -0.2) is 36.6 Å². The number of carbonyl (C=O) groups excluding carboxylic acids is 1. The molecule has 0 bridgehead atoms. The minimum atomic E-state index is -0.647. The molecule has 0 unspecified atom stereocenters. The number of hydrogen-bond donors (Lipinski definition) is 4. The maximum atomic E-state index is 12.4. The number of aromatic nitrogens is 5. The van der Waals surface area contributed by atoms with Crippen LogP contribution < -0.4 is 16.6 Å². The molecule has 9 nitrogen and oxygen atoms in total. The van der Waals surface area contributed by atoms with Crippen LogP contribution in [0, 0.1) is 20.8 Å². The van der Waals surface area contributed by atoms with Crippen LogP contribution in [0.2, 0.25) is 0 Å². The number of pyridine rings is 1. The van der Waals surface area contributed by atoms with Crippen LogP contribution in [-0.2, 0) is 4.79 Å². The Morgan fingerprint density at radius 3 is 2.65 bits per heavy atom. The zero-order valence-electron chi connectivity index (χ0n) is 17.1. The van der Waals surface area contributed by atoms with E-state index in [1.807, 2.05) is 25.1 Å². The van der Waals surface area contributed by atoms with Crippen molar-refractivity contribution < 1.29 is 4.79 Å². The summed E-state index contributed by atoms with van der Waals surface area (Å²) in [6.07, 6.45) is 1.65. The van der Waals surface area contributed by atoms with Gasteiger partial charge in [-0.1, -0.05) is 11.8 Å². The summed E-state index contributed by atoms with van der Waals surface area (Å²) in [7, 11) is 0. The number of aryl methyl sites for hydroxylation is 3. The molecule has 0 aliphatic carbocycles. The van der Waals surface area contributed by atoms with Gasteiger partial charge in [-0.3, -0.25) is 14.6 Å². The Balaban J connectivity index is 1.55. The molecule has 0 aliphatic heterocycles. The third kappa shape index (κ3) is 4.29. The third-order valence-corrected chi connectivity index (χ3v) is 5.86. The summed E-state index contributed by atoms with van der Waals surface area (Å²) >= 11 is 1.23. The maximum Gasteiger partial charge on any atom is 0.326 e. The van der Waals surface area contributed by atoms with Gasteiger partial charge in [0.2, 0.25) is 5.91 Å². The van der Waals surface area contributed by atoms with Gasteiger partial charge in [-0.05, 0) is 56.2 Å². The Kier molecular flexibility index (Phi) is 5.47. The molecule has 0 fully saturated rings. The lowest BCUT2D eigenvalue weighted by molar-refractivity contribution is -0.113. The van der Waals surface area contributed by atoms with E-state index >= 15 is 0 Å². The van der Waals surface area contributed by atoms with E-state index in [-0.39, 0.29) is 11.4 Å². The van der Waals surface area contributed by atoms with Crippen LogP contribution in [0.3, 0.4) is 0 Å². The average molecular weight is 436 g/mol. The Bertz CT molecular complexity index is 1380.